The van der Waals surface area contributed by atoms with Crippen LogP contribution in [0.2, 0.25) is 0 Å². The highest BCUT2D eigenvalue weighted by Gasteiger charge is 2.23. The van der Waals surface area contributed by atoms with E-state index in [1.807, 2.05) is 20.8 Å². The lowest BCUT2D eigenvalue weighted by Gasteiger charge is -2.21. The first-order valence-corrected chi connectivity index (χ1v) is 11.3. The molecule has 0 unspecified atom stereocenters. The topological polar surface area (TPSA) is 75.7 Å². The first kappa shape index (κ1) is 23.1. The Balaban J connectivity index is 1.99. The Bertz CT molecular complexity index is 878. The van der Waals surface area contributed by atoms with Gasteiger partial charge < -0.3 is 10.1 Å². The zero-order chi connectivity index (χ0) is 21.3. The standard InChI is InChI=1S/C22H30N2O4S/c1-4-24(29(26,27)21-13-7-18(3)8-14-21)17-19-9-11-20(12-10-19)22(25)23-15-6-16-28-5-2/h7-14H,4-6,15-17H2,1-3H3,(H,23,25). The first-order chi connectivity index (χ1) is 13.9. The second kappa shape index (κ2) is 11.1. The number of benzene rings is 2. The quantitative estimate of drug-likeness (QED) is 0.568. The van der Waals surface area contributed by atoms with E-state index in [1.165, 1.54) is 4.31 Å². The number of carbonyl (C=O) groups is 1. The number of nitrogens with one attached hydrogen (secondary N) is 1. The van der Waals surface area contributed by atoms with Gasteiger partial charge in [0, 0.05) is 38.4 Å². The van der Waals surface area contributed by atoms with Crippen LogP contribution in [0.25, 0.3) is 0 Å². The van der Waals surface area contributed by atoms with Gasteiger partial charge in [0.05, 0.1) is 4.90 Å². The molecule has 29 heavy (non-hydrogen) atoms. The summed E-state index contributed by atoms with van der Waals surface area (Å²) in [5.74, 6) is -0.146. The summed E-state index contributed by atoms with van der Waals surface area (Å²) in [4.78, 5) is 12.5. The van der Waals surface area contributed by atoms with Gasteiger partial charge in [-0.3, -0.25) is 4.79 Å². The van der Waals surface area contributed by atoms with Gasteiger partial charge >= 0.3 is 0 Å². The zero-order valence-corrected chi connectivity index (χ0v) is 18.2. The summed E-state index contributed by atoms with van der Waals surface area (Å²) in [6.07, 6.45) is 0.764. The molecule has 0 radical (unpaired) electrons. The fraction of sp³-hybridized carbons (Fsp3) is 0.409. The Kier molecular flexibility index (Phi) is 8.82. The summed E-state index contributed by atoms with van der Waals surface area (Å²) in [7, 11) is -3.57. The minimum absolute atomic E-state index is 0.146. The normalized spacial score (nSPS) is 11.6. The summed E-state index contributed by atoms with van der Waals surface area (Å²) in [5, 5.41) is 2.85. The Morgan fingerprint density at radius 2 is 1.69 bits per heavy atom. The van der Waals surface area contributed by atoms with Crippen LogP contribution in [0.15, 0.2) is 53.4 Å². The zero-order valence-electron chi connectivity index (χ0n) is 17.3. The van der Waals surface area contributed by atoms with E-state index < -0.39 is 10.0 Å². The molecule has 0 bridgehead atoms. The van der Waals surface area contributed by atoms with Gasteiger partial charge in [0.25, 0.3) is 5.91 Å². The van der Waals surface area contributed by atoms with E-state index in [0.717, 1.165) is 17.5 Å². The molecule has 1 amide bonds. The van der Waals surface area contributed by atoms with Crippen LogP contribution < -0.4 is 5.32 Å². The molecule has 0 aromatic heterocycles. The van der Waals surface area contributed by atoms with Crippen LogP contribution in [-0.4, -0.2) is 44.9 Å². The van der Waals surface area contributed by atoms with Crippen LogP contribution in [0.1, 0.15) is 41.8 Å². The minimum atomic E-state index is -3.57. The Hall–Kier alpha value is -2.22. The number of rotatable bonds is 11. The number of amides is 1. The van der Waals surface area contributed by atoms with E-state index in [4.69, 9.17) is 4.74 Å². The molecule has 0 saturated heterocycles. The van der Waals surface area contributed by atoms with Gasteiger partial charge in [0.1, 0.15) is 0 Å². The van der Waals surface area contributed by atoms with Crippen molar-refractivity contribution in [3.63, 3.8) is 0 Å². The predicted octanol–water partition coefficient (Wildman–Crippen LogP) is 3.36. The fourth-order valence-electron chi connectivity index (χ4n) is 2.81. The van der Waals surface area contributed by atoms with E-state index in [2.05, 4.69) is 5.32 Å². The maximum Gasteiger partial charge on any atom is 0.251 e. The van der Waals surface area contributed by atoms with Gasteiger partial charge in [-0.15, -0.1) is 0 Å². The third-order valence-corrected chi connectivity index (χ3v) is 6.48. The van der Waals surface area contributed by atoms with Crippen molar-refractivity contribution in [3.8, 4) is 0 Å². The number of sulfonamides is 1. The van der Waals surface area contributed by atoms with Crippen LogP contribution in [0.4, 0.5) is 0 Å². The van der Waals surface area contributed by atoms with Crippen LogP contribution in [0.5, 0.6) is 0 Å². The van der Waals surface area contributed by atoms with Crippen LogP contribution >= 0.6 is 0 Å². The highest BCUT2D eigenvalue weighted by molar-refractivity contribution is 7.89. The minimum Gasteiger partial charge on any atom is -0.382 e. The van der Waals surface area contributed by atoms with Crippen LogP contribution in [0.3, 0.4) is 0 Å². The summed E-state index contributed by atoms with van der Waals surface area (Å²) in [5.41, 5.74) is 2.39. The predicted molar refractivity (Wildman–Crippen MR) is 114 cm³/mol. The van der Waals surface area contributed by atoms with E-state index in [1.54, 1.807) is 48.5 Å². The van der Waals surface area contributed by atoms with Crippen LogP contribution in [0, 0.1) is 6.92 Å². The Labute approximate surface area is 173 Å². The average molecular weight is 419 g/mol. The lowest BCUT2D eigenvalue weighted by Crippen LogP contribution is -2.30. The molecular formula is C22H30N2O4S. The third kappa shape index (κ3) is 6.66. The van der Waals surface area contributed by atoms with E-state index in [9.17, 15) is 13.2 Å². The smallest absolute Gasteiger partial charge is 0.251 e. The highest BCUT2D eigenvalue weighted by Crippen LogP contribution is 2.19. The lowest BCUT2D eigenvalue weighted by molar-refractivity contribution is 0.0944. The molecule has 0 aliphatic heterocycles. The third-order valence-electron chi connectivity index (χ3n) is 4.54. The molecule has 2 rings (SSSR count). The van der Waals surface area contributed by atoms with Crippen molar-refractivity contribution < 1.29 is 17.9 Å². The first-order valence-electron chi connectivity index (χ1n) is 9.90. The van der Waals surface area contributed by atoms with E-state index >= 15 is 0 Å². The van der Waals surface area contributed by atoms with Crippen molar-refractivity contribution in [2.45, 2.75) is 38.6 Å². The second-order valence-corrected chi connectivity index (χ2v) is 8.69. The molecule has 0 atom stereocenters. The van der Waals surface area contributed by atoms with Crippen molar-refractivity contribution in [1.82, 2.24) is 9.62 Å². The van der Waals surface area contributed by atoms with Gasteiger partial charge in [0.2, 0.25) is 10.0 Å². The monoisotopic (exact) mass is 418 g/mol. The van der Waals surface area contributed by atoms with Crippen molar-refractivity contribution in [1.29, 1.82) is 0 Å². The van der Waals surface area contributed by atoms with Gasteiger partial charge in [-0.1, -0.05) is 36.8 Å². The molecule has 0 heterocycles. The lowest BCUT2D eigenvalue weighted by atomic mass is 10.1. The molecular weight excluding hydrogens is 388 g/mol. The molecule has 158 valence electrons. The molecule has 0 spiro atoms. The Morgan fingerprint density at radius 1 is 1.03 bits per heavy atom. The van der Waals surface area contributed by atoms with Gasteiger partial charge in [-0.25, -0.2) is 8.42 Å². The highest BCUT2D eigenvalue weighted by atomic mass is 32.2. The Morgan fingerprint density at radius 3 is 2.28 bits per heavy atom. The number of ether oxygens (including phenoxy) is 1. The van der Waals surface area contributed by atoms with Crippen molar-refractivity contribution in [2.24, 2.45) is 0 Å². The van der Waals surface area contributed by atoms with Crippen molar-refractivity contribution in [2.75, 3.05) is 26.3 Å². The SMILES string of the molecule is CCOCCCNC(=O)c1ccc(CN(CC)S(=O)(=O)c2ccc(C)cc2)cc1. The number of carbonyl (C=O) groups excluding carboxylic acids is 1. The van der Waals surface area contributed by atoms with Crippen molar-refractivity contribution >= 4 is 15.9 Å². The van der Waals surface area contributed by atoms with E-state index in [-0.39, 0.29) is 17.3 Å². The van der Waals surface area contributed by atoms with Gasteiger partial charge in [-0.2, -0.15) is 4.31 Å². The van der Waals surface area contributed by atoms with Crippen LogP contribution in [-0.2, 0) is 21.3 Å². The largest absolute Gasteiger partial charge is 0.382 e. The summed E-state index contributed by atoms with van der Waals surface area (Å²) < 4.78 is 32.5. The summed E-state index contributed by atoms with van der Waals surface area (Å²) in [6.45, 7) is 8.13. The summed E-state index contributed by atoms with van der Waals surface area (Å²) in [6, 6.07) is 13.9. The second-order valence-electron chi connectivity index (χ2n) is 6.75. The molecule has 6 nitrogen and oxygen atoms in total. The maximum atomic E-state index is 12.9. The van der Waals surface area contributed by atoms with Gasteiger partial charge in [0.15, 0.2) is 0 Å². The molecule has 2 aromatic rings. The molecule has 0 fully saturated rings. The van der Waals surface area contributed by atoms with E-state index in [0.29, 0.717) is 31.9 Å². The molecule has 1 N–H and O–H groups in total. The molecule has 0 aliphatic rings. The molecule has 2 aromatic carbocycles. The number of aryl methyl sites for hydroxylation is 1. The van der Waals surface area contributed by atoms with Crippen molar-refractivity contribution in [3.05, 3.63) is 65.2 Å². The number of hydrogen-bond donors (Lipinski definition) is 1. The maximum absolute atomic E-state index is 12.9. The summed E-state index contributed by atoms with van der Waals surface area (Å²) >= 11 is 0. The molecule has 7 heteroatoms. The molecule has 0 aliphatic carbocycles. The number of nitrogens with zero attached hydrogens (tertiary/aromatic N) is 1. The van der Waals surface area contributed by atoms with Gasteiger partial charge in [-0.05, 0) is 50.1 Å². The fourth-order valence-corrected chi connectivity index (χ4v) is 4.25. The molecule has 0 saturated carbocycles. The average Bonchev–Trinajstić information content (AvgIpc) is 2.72. The number of hydrogen-bond acceptors (Lipinski definition) is 4.